The van der Waals surface area contributed by atoms with Crippen LogP contribution in [0.25, 0.3) is 0 Å². The van der Waals surface area contributed by atoms with Gasteiger partial charge in [-0.15, -0.1) is 0 Å². The van der Waals surface area contributed by atoms with Gasteiger partial charge in [0.05, 0.1) is 17.3 Å². The summed E-state index contributed by atoms with van der Waals surface area (Å²) in [5, 5.41) is 21.6. The summed E-state index contributed by atoms with van der Waals surface area (Å²) in [6, 6.07) is 6.66. The highest BCUT2D eigenvalue weighted by Crippen LogP contribution is 2.44. The Hall–Kier alpha value is -2.82. The van der Waals surface area contributed by atoms with E-state index in [-0.39, 0.29) is 5.90 Å². The number of aryl methyl sites for hydroxylation is 2. The third-order valence-corrected chi connectivity index (χ3v) is 4.08. The van der Waals surface area contributed by atoms with Crippen LogP contribution in [-0.2, 0) is 13.2 Å². The normalized spacial score (nSPS) is 20.2. The van der Waals surface area contributed by atoms with Crippen LogP contribution >= 0.6 is 0 Å². The third kappa shape index (κ3) is 2.42. The Morgan fingerprint density at radius 2 is 1.92 bits per heavy atom. The minimum atomic E-state index is -4.43. The summed E-state index contributed by atoms with van der Waals surface area (Å²) in [7, 11) is 1.65. The number of nitriles is 1. The van der Waals surface area contributed by atoms with Crippen LogP contribution in [0.3, 0.4) is 0 Å². The van der Waals surface area contributed by atoms with Crippen LogP contribution in [0.4, 0.5) is 13.2 Å². The van der Waals surface area contributed by atoms with Crippen molar-refractivity contribution in [3.8, 4) is 11.9 Å². The topological polar surface area (TPSA) is 74.7 Å². The van der Waals surface area contributed by atoms with Gasteiger partial charge in [0, 0.05) is 18.5 Å². The van der Waals surface area contributed by atoms with Crippen molar-refractivity contribution >= 4 is 5.90 Å². The van der Waals surface area contributed by atoms with Crippen LogP contribution in [0.1, 0.15) is 28.3 Å². The fourth-order valence-electron chi connectivity index (χ4n) is 2.99. The lowest BCUT2D eigenvalue weighted by Crippen LogP contribution is -2.31. The number of hydrogen-bond acceptors (Lipinski definition) is 4. The largest absolute Gasteiger partial charge is 0.424 e. The molecule has 24 heavy (non-hydrogen) atoms. The number of fused-ring (bicyclic) bond motifs is 1. The van der Waals surface area contributed by atoms with E-state index in [4.69, 9.17) is 10.1 Å². The van der Waals surface area contributed by atoms with Crippen molar-refractivity contribution in [2.45, 2.75) is 19.0 Å². The predicted molar refractivity (Wildman–Crippen MR) is 78.7 cm³/mol. The zero-order valence-corrected chi connectivity index (χ0v) is 12.8. The van der Waals surface area contributed by atoms with Gasteiger partial charge in [-0.05, 0) is 24.6 Å². The van der Waals surface area contributed by atoms with Crippen LogP contribution in [0.15, 0.2) is 24.3 Å². The fraction of sp³-hybridized carbons (Fsp3) is 0.312. The van der Waals surface area contributed by atoms with Crippen LogP contribution in [0, 0.1) is 29.6 Å². The van der Waals surface area contributed by atoms with Gasteiger partial charge in [0.2, 0.25) is 11.8 Å². The number of alkyl halides is 3. The van der Waals surface area contributed by atoms with Gasteiger partial charge in [-0.3, -0.25) is 5.41 Å². The van der Waals surface area contributed by atoms with Crippen LogP contribution in [0.5, 0.6) is 5.88 Å². The average molecular weight is 334 g/mol. The van der Waals surface area contributed by atoms with E-state index in [2.05, 4.69) is 5.10 Å². The molecule has 1 aromatic carbocycles. The van der Waals surface area contributed by atoms with E-state index in [9.17, 15) is 18.4 Å². The van der Waals surface area contributed by atoms with E-state index >= 15 is 0 Å². The van der Waals surface area contributed by atoms with Crippen molar-refractivity contribution in [2.24, 2.45) is 13.0 Å². The van der Waals surface area contributed by atoms with Crippen molar-refractivity contribution in [1.82, 2.24) is 9.78 Å². The first-order valence-electron chi connectivity index (χ1n) is 7.10. The fourth-order valence-corrected chi connectivity index (χ4v) is 2.99. The number of benzene rings is 1. The summed E-state index contributed by atoms with van der Waals surface area (Å²) in [6.45, 7) is 1.74. The maximum absolute atomic E-state index is 12.8. The van der Waals surface area contributed by atoms with Gasteiger partial charge in [0.15, 0.2) is 0 Å². The van der Waals surface area contributed by atoms with Crippen molar-refractivity contribution in [1.29, 1.82) is 10.7 Å². The van der Waals surface area contributed by atoms with Crippen molar-refractivity contribution in [2.75, 3.05) is 0 Å². The van der Waals surface area contributed by atoms with Gasteiger partial charge in [0.25, 0.3) is 0 Å². The molecular weight excluding hydrogens is 321 g/mol. The zero-order chi connectivity index (χ0) is 17.6. The molecular formula is C16H13F3N4O. The molecule has 1 aliphatic heterocycles. The molecule has 0 fully saturated rings. The van der Waals surface area contributed by atoms with Crippen LogP contribution in [0.2, 0.25) is 0 Å². The standard InChI is InChI=1S/C16H13F3N4O/c1-8-12-13(9-3-5-10(6-4-9)16(17,18)19)11(7-20)14(21)24-15(12)23(2)22-8/h3-6,11,13,21H,1-2H3/t11?,13-/m0/s1. The second kappa shape index (κ2) is 5.37. The molecule has 3 rings (SSSR count). The average Bonchev–Trinajstić information content (AvgIpc) is 2.79. The van der Waals surface area contributed by atoms with E-state index in [1.807, 2.05) is 6.07 Å². The number of nitrogens with one attached hydrogen (secondary N) is 1. The number of halogens is 3. The minimum Gasteiger partial charge on any atom is -0.424 e. The molecule has 0 bridgehead atoms. The van der Waals surface area contributed by atoms with Crippen LogP contribution in [-0.4, -0.2) is 15.7 Å². The molecule has 0 aliphatic carbocycles. The summed E-state index contributed by atoms with van der Waals surface area (Å²) in [5.41, 5.74) is 0.995. The molecule has 0 saturated heterocycles. The molecule has 2 atom stereocenters. The zero-order valence-electron chi connectivity index (χ0n) is 12.8. The monoisotopic (exact) mass is 334 g/mol. The van der Waals surface area contributed by atoms with E-state index in [1.54, 1.807) is 14.0 Å². The Balaban J connectivity index is 2.14. The predicted octanol–water partition coefficient (Wildman–Crippen LogP) is 3.39. The smallest absolute Gasteiger partial charge is 0.416 e. The molecule has 2 heterocycles. The minimum absolute atomic E-state index is 0.238. The summed E-state index contributed by atoms with van der Waals surface area (Å²) in [6.07, 6.45) is -4.43. The molecule has 124 valence electrons. The number of rotatable bonds is 1. The lowest BCUT2D eigenvalue weighted by molar-refractivity contribution is -0.137. The summed E-state index contributed by atoms with van der Waals surface area (Å²) in [4.78, 5) is 0. The van der Waals surface area contributed by atoms with Gasteiger partial charge in [0.1, 0.15) is 5.92 Å². The quantitative estimate of drug-likeness (QED) is 0.868. The Bertz CT molecular complexity index is 846. The molecule has 1 unspecified atom stereocenters. The molecule has 1 aromatic heterocycles. The maximum atomic E-state index is 12.8. The molecule has 8 heteroatoms. The molecule has 0 spiro atoms. The van der Waals surface area contributed by atoms with Gasteiger partial charge >= 0.3 is 6.18 Å². The lowest BCUT2D eigenvalue weighted by atomic mass is 9.79. The number of ether oxygens (including phenoxy) is 1. The van der Waals surface area contributed by atoms with Gasteiger partial charge in [-0.2, -0.15) is 23.5 Å². The Morgan fingerprint density at radius 3 is 2.46 bits per heavy atom. The second-order valence-electron chi connectivity index (χ2n) is 5.60. The van der Waals surface area contributed by atoms with Crippen molar-refractivity contribution in [3.05, 3.63) is 46.6 Å². The maximum Gasteiger partial charge on any atom is 0.416 e. The molecule has 5 nitrogen and oxygen atoms in total. The van der Waals surface area contributed by atoms with E-state index in [0.29, 0.717) is 22.7 Å². The van der Waals surface area contributed by atoms with Crippen molar-refractivity contribution < 1.29 is 17.9 Å². The molecule has 1 aliphatic rings. The lowest BCUT2D eigenvalue weighted by Gasteiger charge is -2.28. The van der Waals surface area contributed by atoms with Gasteiger partial charge in [-0.25, -0.2) is 4.68 Å². The second-order valence-corrected chi connectivity index (χ2v) is 5.60. The summed E-state index contributed by atoms with van der Waals surface area (Å²) < 4.78 is 45.1. The van der Waals surface area contributed by atoms with Gasteiger partial charge < -0.3 is 4.74 Å². The Kier molecular flexibility index (Phi) is 3.59. The van der Waals surface area contributed by atoms with E-state index in [0.717, 1.165) is 12.1 Å². The highest BCUT2D eigenvalue weighted by Gasteiger charge is 2.41. The SMILES string of the molecule is Cc1nn(C)c2c1[C@@H](c1ccc(C(F)(F)F)cc1)C(C#N)C(=N)O2. The van der Waals surface area contributed by atoms with E-state index < -0.39 is 23.6 Å². The molecule has 2 aromatic rings. The number of aromatic nitrogens is 2. The van der Waals surface area contributed by atoms with E-state index in [1.165, 1.54) is 16.8 Å². The highest BCUT2D eigenvalue weighted by atomic mass is 19.4. The Morgan fingerprint density at radius 1 is 1.29 bits per heavy atom. The summed E-state index contributed by atoms with van der Waals surface area (Å²) in [5.74, 6) is -1.41. The molecule has 1 N–H and O–H groups in total. The van der Waals surface area contributed by atoms with Gasteiger partial charge in [-0.1, -0.05) is 12.1 Å². The van der Waals surface area contributed by atoms with Crippen LogP contribution < -0.4 is 4.74 Å². The first-order chi connectivity index (χ1) is 11.2. The third-order valence-electron chi connectivity index (χ3n) is 4.08. The Labute approximate surface area is 135 Å². The number of nitrogens with zero attached hydrogens (tertiary/aromatic N) is 3. The first-order valence-corrected chi connectivity index (χ1v) is 7.10. The molecule has 0 saturated carbocycles. The molecule has 0 radical (unpaired) electrons. The number of hydrogen-bond donors (Lipinski definition) is 1. The summed E-state index contributed by atoms with van der Waals surface area (Å²) >= 11 is 0. The highest BCUT2D eigenvalue weighted by molar-refractivity contribution is 5.84. The molecule has 0 amide bonds. The first kappa shape index (κ1) is 16.1. The van der Waals surface area contributed by atoms with Crippen molar-refractivity contribution in [3.63, 3.8) is 0 Å².